The topological polar surface area (TPSA) is 87.4 Å². The third-order valence-electron chi connectivity index (χ3n) is 4.00. The molecule has 0 fully saturated rings. The molecule has 3 rings (SSSR count). The maximum atomic E-state index is 11.0. The van der Waals surface area contributed by atoms with E-state index < -0.39 is 15.9 Å². The van der Waals surface area contributed by atoms with Gasteiger partial charge in [-0.3, -0.25) is 4.79 Å². The van der Waals surface area contributed by atoms with Gasteiger partial charge >= 0.3 is 5.97 Å². The van der Waals surface area contributed by atoms with E-state index >= 15 is 0 Å². The highest BCUT2D eigenvalue weighted by atomic mass is 32.2. The van der Waals surface area contributed by atoms with Crippen molar-refractivity contribution in [3.63, 3.8) is 0 Å². The Morgan fingerprint density at radius 1 is 1.14 bits per heavy atom. The van der Waals surface area contributed by atoms with Gasteiger partial charge in [-0.1, -0.05) is 47.7 Å². The lowest BCUT2D eigenvalue weighted by Crippen LogP contribution is -2.37. The third kappa shape index (κ3) is 5.48. The van der Waals surface area contributed by atoms with Gasteiger partial charge in [0.1, 0.15) is 4.70 Å². The maximum absolute atomic E-state index is 11.0. The van der Waals surface area contributed by atoms with Gasteiger partial charge < -0.3 is 9.29 Å². The summed E-state index contributed by atoms with van der Waals surface area (Å²) >= 11 is 1.63. The summed E-state index contributed by atoms with van der Waals surface area (Å²) in [6, 6.07) is 14.8. The van der Waals surface area contributed by atoms with Crippen molar-refractivity contribution < 1.29 is 27.1 Å². The van der Waals surface area contributed by atoms with Crippen molar-refractivity contribution in [3.05, 3.63) is 64.7 Å². The van der Waals surface area contributed by atoms with Gasteiger partial charge in [-0.05, 0) is 23.3 Å². The fraction of sp³-hybridized carbons (Fsp3) is 0.200. The molecular formula is C20H19NO5S2. The molecule has 1 heterocycles. The lowest BCUT2D eigenvalue weighted by molar-refractivity contribution is -0.669. The number of carbonyl (C=O) groups excluding carboxylic acids is 1. The van der Waals surface area contributed by atoms with Gasteiger partial charge in [0.15, 0.2) is 13.2 Å². The third-order valence-corrected chi connectivity index (χ3v) is 5.82. The summed E-state index contributed by atoms with van der Waals surface area (Å²) in [5, 5.41) is 1.000. The van der Waals surface area contributed by atoms with E-state index in [2.05, 4.69) is 4.57 Å². The number of fused-ring (bicyclic) bond motifs is 1. The molecule has 0 aliphatic carbocycles. The maximum Gasteiger partial charge on any atom is 0.302 e. The molecule has 146 valence electrons. The number of aromatic nitrogens is 1. The predicted molar refractivity (Wildman–Crippen MR) is 107 cm³/mol. The summed E-state index contributed by atoms with van der Waals surface area (Å²) in [6.45, 7) is 2.22. The Labute approximate surface area is 167 Å². The molecule has 0 saturated heterocycles. The largest absolute Gasteiger partial charge is 0.748 e. The van der Waals surface area contributed by atoms with Crippen molar-refractivity contribution in [2.45, 2.75) is 19.2 Å². The number of hydrogen-bond donors (Lipinski definition) is 0. The molecule has 28 heavy (non-hydrogen) atoms. The SMILES string of the molecule is CC(=O)OCC[n+]1c(C=Cc2ccc(CS(=O)(=O)[O-])cc2)sc2ccccc21. The summed E-state index contributed by atoms with van der Waals surface area (Å²) in [4.78, 5) is 11.0. The molecule has 0 aliphatic heterocycles. The fourth-order valence-corrected chi connectivity index (χ4v) is 4.48. The zero-order valence-corrected chi connectivity index (χ0v) is 16.8. The zero-order chi connectivity index (χ0) is 20.1. The van der Waals surface area contributed by atoms with Gasteiger partial charge in [-0.25, -0.2) is 8.42 Å². The monoisotopic (exact) mass is 417 g/mol. The van der Waals surface area contributed by atoms with Crippen molar-refractivity contribution >= 4 is 49.8 Å². The fourth-order valence-electron chi connectivity index (χ4n) is 2.78. The first-order chi connectivity index (χ1) is 13.3. The van der Waals surface area contributed by atoms with E-state index in [1.165, 1.54) is 6.92 Å². The number of carbonyl (C=O) groups is 1. The molecule has 0 saturated carbocycles. The average molecular weight is 418 g/mol. The van der Waals surface area contributed by atoms with Crippen LogP contribution in [-0.2, 0) is 31.9 Å². The van der Waals surface area contributed by atoms with Crippen LogP contribution >= 0.6 is 11.3 Å². The first-order valence-corrected chi connectivity index (χ1v) is 11.0. The molecule has 1 aromatic heterocycles. The normalized spacial score (nSPS) is 11.9. The predicted octanol–water partition coefficient (Wildman–Crippen LogP) is 2.97. The van der Waals surface area contributed by atoms with Gasteiger partial charge in [-0.2, -0.15) is 4.57 Å². The number of esters is 1. The molecule has 2 aromatic carbocycles. The van der Waals surface area contributed by atoms with Crippen LogP contribution in [0.2, 0.25) is 0 Å². The lowest BCUT2D eigenvalue weighted by Gasteiger charge is -2.06. The van der Waals surface area contributed by atoms with E-state index in [0.717, 1.165) is 20.8 Å². The van der Waals surface area contributed by atoms with Crippen LogP contribution in [0.5, 0.6) is 0 Å². The van der Waals surface area contributed by atoms with E-state index in [1.54, 1.807) is 35.6 Å². The number of ether oxygens (including phenoxy) is 1. The average Bonchev–Trinajstić information content (AvgIpc) is 2.97. The second kappa shape index (κ2) is 8.64. The molecule has 6 nitrogen and oxygen atoms in total. The van der Waals surface area contributed by atoms with E-state index in [9.17, 15) is 17.8 Å². The second-order valence-electron chi connectivity index (χ2n) is 6.18. The van der Waals surface area contributed by atoms with Gasteiger partial charge in [0.25, 0.3) is 5.01 Å². The summed E-state index contributed by atoms with van der Waals surface area (Å²) in [6.07, 6.45) is 3.89. The highest BCUT2D eigenvalue weighted by Gasteiger charge is 2.18. The zero-order valence-electron chi connectivity index (χ0n) is 15.2. The lowest BCUT2D eigenvalue weighted by atomic mass is 10.1. The van der Waals surface area contributed by atoms with Crippen LogP contribution in [0.15, 0.2) is 48.5 Å². The van der Waals surface area contributed by atoms with Crippen LogP contribution in [0.25, 0.3) is 22.4 Å². The molecule has 0 unspecified atom stereocenters. The standard InChI is InChI=1S/C20H19NO5S2/c1-15(22)26-13-12-21-18-4-2-3-5-19(18)27-20(21)11-10-16-6-8-17(9-7-16)14-28(23,24)25/h2-11H,12-14H2,1H3. The van der Waals surface area contributed by atoms with Crippen molar-refractivity contribution in [2.75, 3.05) is 6.61 Å². The Balaban J connectivity index is 1.83. The molecular weight excluding hydrogens is 398 g/mol. The summed E-state index contributed by atoms with van der Waals surface area (Å²) < 4.78 is 40.8. The summed E-state index contributed by atoms with van der Waals surface area (Å²) in [5.41, 5.74) is 2.41. The smallest absolute Gasteiger partial charge is 0.302 e. The molecule has 0 N–H and O–H groups in total. The summed E-state index contributed by atoms with van der Waals surface area (Å²) in [5.74, 6) is -0.818. The molecule has 8 heteroatoms. The van der Waals surface area contributed by atoms with Gasteiger partial charge in [-0.15, -0.1) is 0 Å². The molecule has 0 radical (unpaired) electrons. The Morgan fingerprint density at radius 2 is 1.86 bits per heavy atom. The number of para-hydroxylation sites is 1. The van der Waals surface area contributed by atoms with E-state index in [4.69, 9.17) is 4.74 Å². The highest BCUT2D eigenvalue weighted by molar-refractivity contribution is 7.84. The molecule has 0 amide bonds. The van der Waals surface area contributed by atoms with Gasteiger partial charge in [0, 0.05) is 19.1 Å². The van der Waals surface area contributed by atoms with Gasteiger partial charge in [0.2, 0.25) is 5.52 Å². The van der Waals surface area contributed by atoms with Gasteiger partial charge in [0.05, 0.1) is 15.9 Å². The quantitative estimate of drug-likeness (QED) is 0.335. The molecule has 0 bridgehead atoms. The highest BCUT2D eigenvalue weighted by Crippen LogP contribution is 2.22. The number of thiazole rings is 1. The Hall–Kier alpha value is -2.55. The first-order valence-electron chi connectivity index (χ1n) is 8.57. The first kappa shape index (κ1) is 20.2. The van der Waals surface area contributed by atoms with Crippen LogP contribution in [0.1, 0.15) is 23.1 Å². The minimum Gasteiger partial charge on any atom is -0.748 e. The van der Waals surface area contributed by atoms with E-state index in [1.807, 2.05) is 36.4 Å². The molecule has 3 aromatic rings. The molecule has 0 aliphatic rings. The minimum atomic E-state index is -4.29. The minimum absolute atomic E-state index is 0.292. The second-order valence-corrected chi connectivity index (χ2v) is 8.64. The number of benzene rings is 2. The van der Waals surface area contributed by atoms with Crippen molar-refractivity contribution in [1.29, 1.82) is 0 Å². The Bertz CT molecular complexity index is 1120. The molecule has 0 spiro atoms. The number of nitrogens with zero attached hydrogens (tertiary/aromatic N) is 1. The number of rotatable bonds is 7. The van der Waals surface area contributed by atoms with Crippen LogP contribution in [-0.4, -0.2) is 25.5 Å². The Kier molecular flexibility index (Phi) is 6.23. The van der Waals surface area contributed by atoms with Crippen molar-refractivity contribution in [1.82, 2.24) is 0 Å². The van der Waals surface area contributed by atoms with E-state index in [0.29, 0.717) is 18.7 Å². The molecule has 0 atom stereocenters. The Morgan fingerprint density at radius 3 is 2.54 bits per heavy atom. The van der Waals surface area contributed by atoms with Crippen molar-refractivity contribution in [2.24, 2.45) is 0 Å². The van der Waals surface area contributed by atoms with Crippen LogP contribution in [0.4, 0.5) is 0 Å². The van der Waals surface area contributed by atoms with Crippen LogP contribution in [0, 0.1) is 0 Å². The van der Waals surface area contributed by atoms with Crippen LogP contribution < -0.4 is 4.57 Å². The van der Waals surface area contributed by atoms with Crippen LogP contribution in [0.3, 0.4) is 0 Å². The van der Waals surface area contributed by atoms with E-state index in [-0.39, 0.29) is 5.97 Å². The summed E-state index contributed by atoms with van der Waals surface area (Å²) in [7, 11) is -4.29. The number of hydrogen-bond acceptors (Lipinski definition) is 6. The van der Waals surface area contributed by atoms with Crippen molar-refractivity contribution in [3.8, 4) is 0 Å².